The summed E-state index contributed by atoms with van der Waals surface area (Å²) in [7, 11) is 0. The van der Waals surface area contributed by atoms with Crippen LogP contribution >= 0.6 is 0 Å². The van der Waals surface area contributed by atoms with E-state index >= 15 is 0 Å². The molecule has 0 aliphatic carbocycles. The first kappa shape index (κ1) is 16.3. The van der Waals surface area contributed by atoms with E-state index in [1.165, 1.54) is 0 Å². The highest BCUT2D eigenvalue weighted by Gasteiger charge is 2.41. The standard InChI is InChI=1S/C17H22O5/c1-6-13(18)21-14-9(2)10(3)15-12(11(14)4)7-8-17(5,22-15)16(19)20/h6-8H2,1-5H3,(H,19,20). The maximum atomic E-state index is 11.6. The summed E-state index contributed by atoms with van der Waals surface area (Å²) in [5.74, 6) is -0.0555. The van der Waals surface area contributed by atoms with Crippen molar-refractivity contribution in [3.05, 3.63) is 22.3 Å². The van der Waals surface area contributed by atoms with Crippen LogP contribution in [0.5, 0.6) is 11.5 Å². The number of fused-ring (bicyclic) bond motifs is 1. The molecule has 1 aromatic rings. The van der Waals surface area contributed by atoms with Gasteiger partial charge in [0.2, 0.25) is 5.60 Å². The minimum absolute atomic E-state index is 0.280. The Morgan fingerprint density at radius 3 is 2.41 bits per heavy atom. The SMILES string of the molecule is CCC(=O)Oc1c(C)c(C)c2c(c1C)CCC(C)(C(=O)O)O2. The van der Waals surface area contributed by atoms with Crippen molar-refractivity contribution in [2.24, 2.45) is 0 Å². The smallest absolute Gasteiger partial charge is 0.347 e. The predicted molar refractivity (Wildman–Crippen MR) is 81.6 cm³/mol. The van der Waals surface area contributed by atoms with Crippen molar-refractivity contribution in [3.63, 3.8) is 0 Å². The Hall–Kier alpha value is -2.04. The summed E-state index contributed by atoms with van der Waals surface area (Å²) in [6, 6.07) is 0. The summed E-state index contributed by atoms with van der Waals surface area (Å²) in [5, 5.41) is 9.36. The van der Waals surface area contributed by atoms with Crippen LogP contribution in [0.25, 0.3) is 0 Å². The Morgan fingerprint density at radius 2 is 1.86 bits per heavy atom. The summed E-state index contributed by atoms with van der Waals surface area (Å²) >= 11 is 0. The van der Waals surface area contributed by atoms with E-state index in [4.69, 9.17) is 9.47 Å². The third-order valence-electron chi connectivity index (χ3n) is 4.45. The van der Waals surface area contributed by atoms with Gasteiger partial charge in [-0.15, -0.1) is 0 Å². The summed E-state index contributed by atoms with van der Waals surface area (Å²) < 4.78 is 11.3. The normalized spacial score (nSPS) is 20.0. The number of rotatable bonds is 3. The molecule has 0 saturated carbocycles. The molecule has 1 aliphatic rings. The second-order valence-electron chi connectivity index (χ2n) is 5.98. The Balaban J connectivity index is 2.54. The zero-order valence-corrected chi connectivity index (χ0v) is 13.7. The van der Waals surface area contributed by atoms with Crippen LogP contribution in [0, 0.1) is 20.8 Å². The quantitative estimate of drug-likeness (QED) is 0.686. The van der Waals surface area contributed by atoms with Crippen LogP contribution in [0.15, 0.2) is 0 Å². The lowest BCUT2D eigenvalue weighted by Gasteiger charge is -2.35. The molecule has 1 aromatic carbocycles. The Bertz CT molecular complexity index is 647. The van der Waals surface area contributed by atoms with Crippen LogP contribution in [-0.4, -0.2) is 22.6 Å². The monoisotopic (exact) mass is 306 g/mol. The third kappa shape index (κ3) is 2.56. The molecule has 0 bridgehead atoms. The van der Waals surface area contributed by atoms with E-state index in [9.17, 15) is 14.7 Å². The minimum atomic E-state index is -1.21. The van der Waals surface area contributed by atoms with Gasteiger partial charge < -0.3 is 14.6 Å². The Kier molecular flexibility index (Phi) is 4.18. The highest BCUT2D eigenvalue weighted by atomic mass is 16.5. The van der Waals surface area contributed by atoms with Gasteiger partial charge in [-0.25, -0.2) is 4.79 Å². The summed E-state index contributed by atoms with van der Waals surface area (Å²) in [6.45, 7) is 8.95. The van der Waals surface area contributed by atoms with E-state index in [2.05, 4.69) is 0 Å². The number of hydrogen-bond donors (Lipinski definition) is 1. The molecule has 1 unspecified atom stereocenters. The lowest BCUT2D eigenvalue weighted by atomic mass is 9.87. The van der Waals surface area contributed by atoms with Gasteiger partial charge in [0.15, 0.2) is 0 Å². The number of carbonyl (C=O) groups is 2. The average Bonchev–Trinajstić information content (AvgIpc) is 2.48. The van der Waals surface area contributed by atoms with Gasteiger partial charge in [0.1, 0.15) is 11.5 Å². The zero-order valence-electron chi connectivity index (χ0n) is 13.7. The minimum Gasteiger partial charge on any atom is -0.478 e. The molecule has 0 spiro atoms. The number of carboxylic acid groups (broad SMARTS) is 1. The molecule has 0 fully saturated rings. The molecular formula is C17H22O5. The van der Waals surface area contributed by atoms with E-state index in [0.717, 1.165) is 22.3 Å². The van der Waals surface area contributed by atoms with Crippen molar-refractivity contribution >= 4 is 11.9 Å². The van der Waals surface area contributed by atoms with Gasteiger partial charge in [-0.1, -0.05) is 6.92 Å². The van der Waals surface area contributed by atoms with Crippen molar-refractivity contribution in [2.75, 3.05) is 0 Å². The molecule has 5 heteroatoms. The van der Waals surface area contributed by atoms with Gasteiger partial charge in [0.25, 0.3) is 0 Å². The first-order chi connectivity index (χ1) is 10.2. The summed E-state index contributed by atoms with van der Waals surface area (Å²) in [6.07, 6.45) is 1.28. The number of carbonyl (C=O) groups excluding carboxylic acids is 1. The summed E-state index contributed by atoms with van der Waals surface area (Å²) in [4.78, 5) is 23.1. The Labute approximate surface area is 130 Å². The highest BCUT2D eigenvalue weighted by molar-refractivity contribution is 5.79. The van der Waals surface area contributed by atoms with E-state index in [1.807, 2.05) is 20.8 Å². The molecule has 0 saturated heterocycles. The van der Waals surface area contributed by atoms with E-state index in [0.29, 0.717) is 30.8 Å². The predicted octanol–water partition coefficient (Wildman–Crippen LogP) is 3.10. The van der Waals surface area contributed by atoms with Gasteiger partial charge >= 0.3 is 11.9 Å². The fraction of sp³-hybridized carbons (Fsp3) is 0.529. The third-order valence-corrected chi connectivity index (χ3v) is 4.45. The van der Waals surface area contributed by atoms with Crippen LogP contribution in [-0.2, 0) is 16.0 Å². The maximum absolute atomic E-state index is 11.6. The molecule has 0 radical (unpaired) electrons. The van der Waals surface area contributed by atoms with Crippen LogP contribution < -0.4 is 9.47 Å². The van der Waals surface area contributed by atoms with Crippen molar-refractivity contribution in [1.82, 2.24) is 0 Å². The molecule has 1 atom stereocenters. The largest absolute Gasteiger partial charge is 0.478 e. The lowest BCUT2D eigenvalue weighted by Crippen LogP contribution is -2.44. The van der Waals surface area contributed by atoms with E-state index < -0.39 is 11.6 Å². The lowest BCUT2D eigenvalue weighted by molar-refractivity contribution is -0.155. The molecule has 1 aliphatic heterocycles. The number of esters is 1. The molecule has 0 amide bonds. The molecule has 2 rings (SSSR count). The van der Waals surface area contributed by atoms with E-state index in [-0.39, 0.29) is 5.97 Å². The van der Waals surface area contributed by atoms with Crippen molar-refractivity contribution in [2.45, 2.75) is 59.5 Å². The molecule has 1 N–H and O–H groups in total. The van der Waals surface area contributed by atoms with Gasteiger partial charge in [0, 0.05) is 18.4 Å². The molecular weight excluding hydrogens is 284 g/mol. The second-order valence-corrected chi connectivity index (χ2v) is 5.98. The summed E-state index contributed by atoms with van der Waals surface area (Å²) in [5.41, 5.74) is 2.21. The first-order valence-electron chi connectivity index (χ1n) is 7.47. The number of aliphatic carboxylic acids is 1. The van der Waals surface area contributed by atoms with Crippen LogP contribution in [0.3, 0.4) is 0 Å². The second kappa shape index (κ2) is 5.63. The maximum Gasteiger partial charge on any atom is 0.347 e. The zero-order chi connectivity index (χ0) is 16.7. The number of ether oxygens (including phenoxy) is 2. The molecule has 22 heavy (non-hydrogen) atoms. The van der Waals surface area contributed by atoms with Crippen LogP contribution in [0.2, 0.25) is 0 Å². The average molecular weight is 306 g/mol. The van der Waals surface area contributed by atoms with Crippen LogP contribution in [0.1, 0.15) is 48.9 Å². The number of carboxylic acids is 1. The van der Waals surface area contributed by atoms with Crippen LogP contribution in [0.4, 0.5) is 0 Å². The molecule has 1 heterocycles. The van der Waals surface area contributed by atoms with Crippen molar-refractivity contribution in [1.29, 1.82) is 0 Å². The fourth-order valence-corrected chi connectivity index (χ4v) is 2.72. The molecule has 0 aromatic heterocycles. The molecule has 120 valence electrons. The highest BCUT2D eigenvalue weighted by Crippen LogP contribution is 2.43. The Morgan fingerprint density at radius 1 is 1.23 bits per heavy atom. The first-order valence-corrected chi connectivity index (χ1v) is 7.47. The van der Waals surface area contributed by atoms with Gasteiger partial charge in [-0.05, 0) is 50.8 Å². The fourth-order valence-electron chi connectivity index (χ4n) is 2.72. The topological polar surface area (TPSA) is 72.8 Å². The van der Waals surface area contributed by atoms with Gasteiger partial charge in [-0.2, -0.15) is 0 Å². The number of benzene rings is 1. The van der Waals surface area contributed by atoms with Crippen molar-refractivity contribution in [3.8, 4) is 11.5 Å². The molecule has 5 nitrogen and oxygen atoms in total. The van der Waals surface area contributed by atoms with E-state index in [1.54, 1.807) is 13.8 Å². The van der Waals surface area contributed by atoms with Gasteiger partial charge in [-0.3, -0.25) is 4.79 Å². The van der Waals surface area contributed by atoms with Crippen molar-refractivity contribution < 1.29 is 24.2 Å². The van der Waals surface area contributed by atoms with Gasteiger partial charge in [0.05, 0.1) is 0 Å². The number of hydrogen-bond acceptors (Lipinski definition) is 4.